The van der Waals surface area contributed by atoms with Crippen LogP contribution in [0.15, 0.2) is 6.07 Å². The molecule has 0 saturated carbocycles. The Morgan fingerprint density at radius 2 is 2.07 bits per heavy atom. The summed E-state index contributed by atoms with van der Waals surface area (Å²) in [7, 11) is 0. The largest absolute Gasteiger partial charge is 0.384 e. The standard InChI is InChI=1S/C9H14N4S/c1-7-11-8(10)6-9(12-7)13-2-4-14-5-3-13/h6H,2-5H2,1H3,(H2,10,11,12). The van der Waals surface area contributed by atoms with Crippen molar-refractivity contribution < 1.29 is 0 Å². The van der Waals surface area contributed by atoms with Gasteiger partial charge in [0.1, 0.15) is 17.5 Å². The molecule has 1 aromatic heterocycles. The van der Waals surface area contributed by atoms with Crippen molar-refractivity contribution in [2.24, 2.45) is 0 Å². The van der Waals surface area contributed by atoms with Gasteiger partial charge in [0.15, 0.2) is 0 Å². The van der Waals surface area contributed by atoms with Gasteiger partial charge in [-0.2, -0.15) is 11.8 Å². The first kappa shape index (κ1) is 9.58. The van der Waals surface area contributed by atoms with Gasteiger partial charge in [0.25, 0.3) is 0 Å². The fourth-order valence-corrected chi connectivity index (χ4v) is 2.43. The second-order valence-electron chi connectivity index (χ2n) is 3.30. The third-order valence-corrected chi connectivity index (χ3v) is 3.12. The highest BCUT2D eigenvalue weighted by molar-refractivity contribution is 7.99. The molecule has 2 N–H and O–H groups in total. The molecule has 1 aliphatic heterocycles. The Kier molecular flexibility index (Phi) is 2.77. The molecule has 2 heterocycles. The van der Waals surface area contributed by atoms with E-state index in [4.69, 9.17) is 5.73 Å². The van der Waals surface area contributed by atoms with Crippen LogP contribution in [-0.4, -0.2) is 34.6 Å². The van der Waals surface area contributed by atoms with Crippen LogP contribution in [0.5, 0.6) is 0 Å². The van der Waals surface area contributed by atoms with Crippen LogP contribution >= 0.6 is 11.8 Å². The summed E-state index contributed by atoms with van der Waals surface area (Å²) in [5, 5.41) is 0. The van der Waals surface area contributed by atoms with Gasteiger partial charge < -0.3 is 10.6 Å². The Bertz CT molecular complexity index is 302. The Balaban J connectivity index is 2.21. The molecule has 4 nitrogen and oxygen atoms in total. The minimum Gasteiger partial charge on any atom is -0.384 e. The lowest BCUT2D eigenvalue weighted by Gasteiger charge is -2.27. The molecule has 5 heteroatoms. The van der Waals surface area contributed by atoms with E-state index >= 15 is 0 Å². The molecule has 14 heavy (non-hydrogen) atoms. The summed E-state index contributed by atoms with van der Waals surface area (Å²) in [5.74, 6) is 4.62. The van der Waals surface area contributed by atoms with Crippen LogP contribution in [0.3, 0.4) is 0 Å². The van der Waals surface area contributed by atoms with Gasteiger partial charge in [0, 0.05) is 30.7 Å². The molecule has 0 aromatic carbocycles. The van der Waals surface area contributed by atoms with Gasteiger partial charge in [-0.25, -0.2) is 9.97 Å². The second-order valence-corrected chi connectivity index (χ2v) is 4.52. The lowest BCUT2D eigenvalue weighted by Crippen LogP contribution is -2.33. The quantitative estimate of drug-likeness (QED) is 0.747. The van der Waals surface area contributed by atoms with Crippen molar-refractivity contribution in [2.75, 3.05) is 35.2 Å². The van der Waals surface area contributed by atoms with Crippen molar-refractivity contribution in [3.05, 3.63) is 11.9 Å². The first-order valence-electron chi connectivity index (χ1n) is 4.69. The van der Waals surface area contributed by atoms with Crippen LogP contribution in [0.1, 0.15) is 5.82 Å². The zero-order valence-electron chi connectivity index (χ0n) is 8.23. The van der Waals surface area contributed by atoms with Crippen LogP contribution in [0.4, 0.5) is 11.6 Å². The minimum absolute atomic E-state index is 0.561. The van der Waals surface area contributed by atoms with E-state index in [2.05, 4.69) is 14.9 Å². The molecule has 1 aromatic rings. The number of thioether (sulfide) groups is 1. The Labute approximate surface area is 87.9 Å². The first-order valence-corrected chi connectivity index (χ1v) is 5.85. The van der Waals surface area contributed by atoms with Gasteiger partial charge in [-0.1, -0.05) is 0 Å². The summed E-state index contributed by atoms with van der Waals surface area (Å²) in [6, 6.07) is 1.85. The summed E-state index contributed by atoms with van der Waals surface area (Å²) in [5.41, 5.74) is 5.68. The lowest BCUT2D eigenvalue weighted by molar-refractivity contribution is 0.829. The Morgan fingerprint density at radius 3 is 2.71 bits per heavy atom. The summed E-state index contributed by atoms with van der Waals surface area (Å²) < 4.78 is 0. The summed E-state index contributed by atoms with van der Waals surface area (Å²) >= 11 is 1.99. The molecule has 1 aliphatic rings. The van der Waals surface area contributed by atoms with Crippen molar-refractivity contribution in [3.63, 3.8) is 0 Å². The smallest absolute Gasteiger partial charge is 0.134 e. The molecule has 0 spiro atoms. The minimum atomic E-state index is 0.561. The van der Waals surface area contributed by atoms with Crippen molar-refractivity contribution >= 4 is 23.4 Å². The van der Waals surface area contributed by atoms with Crippen molar-refractivity contribution in [2.45, 2.75) is 6.92 Å². The number of rotatable bonds is 1. The lowest BCUT2D eigenvalue weighted by atomic mass is 10.4. The van der Waals surface area contributed by atoms with Gasteiger partial charge in [0.05, 0.1) is 0 Å². The number of aryl methyl sites for hydroxylation is 1. The van der Waals surface area contributed by atoms with E-state index < -0.39 is 0 Å². The van der Waals surface area contributed by atoms with E-state index in [0.717, 1.165) is 24.7 Å². The molecule has 0 bridgehead atoms. The van der Waals surface area contributed by atoms with E-state index in [1.165, 1.54) is 11.5 Å². The second kappa shape index (κ2) is 4.04. The maximum atomic E-state index is 5.68. The third kappa shape index (κ3) is 2.09. The normalized spacial score (nSPS) is 17.1. The van der Waals surface area contributed by atoms with E-state index in [0.29, 0.717) is 5.82 Å². The molecule has 0 atom stereocenters. The fourth-order valence-electron chi connectivity index (χ4n) is 1.53. The highest BCUT2D eigenvalue weighted by atomic mass is 32.2. The predicted octanol–water partition coefficient (Wildman–Crippen LogP) is 0.920. The molecule has 0 radical (unpaired) electrons. The van der Waals surface area contributed by atoms with Crippen molar-refractivity contribution in [1.82, 2.24) is 9.97 Å². The van der Waals surface area contributed by atoms with Gasteiger partial charge >= 0.3 is 0 Å². The highest BCUT2D eigenvalue weighted by Gasteiger charge is 2.13. The average molecular weight is 210 g/mol. The van der Waals surface area contributed by atoms with Gasteiger partial charge in [-0.15, -0.1) is 0 Å². The van der Waals surface area contributed by atoms with Crippen LogP contribution in [-0.2, 0) is 0 Å². The molecule has 0 unspecified atom stereocenters. The van der Waals surface area contributed by atoms with Gasteiger partial charge in [-0.05, 0) is 6.92 Å². The molecule has 0 aliphatic carbocycles. The van der Waals surface area contributed by atoms with Gasteiger partial charge in [-0.3, -0.25) is 0 Å². The zero-order chi connectivity index (χ0) is 9.97. The maximum Gasteiger partial charge on any atom is 0.134 e. The number of nitrogens with two attached hydrogens (primary N) is 1. The predicted molar refractivity (Wildman–Crippen MR) is 60.7 cm³/mol. The molecule has 0 amide bonds. The van der Waals surface area contributed by atoms with Crippen molar-refractivity contribution in [1.29, 1.82) is 0 Å². The summed E-state index contributed by atoms with van der Waals surface area (Å²) in [6.07, 6.45) is 0. The van der Waals surface area contributed by atoms with Crippen LogP contribution in [0.25, 0.3) is 0 Å². The average Bonchev–Trinajstić information content (AvgIpc) is 2.18. The fraction of sp³-hybridized carbons (Fsp3) is 0.556. The first-order chi connectivity index (χ1) is 6.75. The summed E-state index contributed by atoms with van der Waals surface area (Å²) in [6.45, 7) is 3.99. The van der Waals surface area contributed by atoms with Crippen molar-refractivity contribution in [3.8, 4) is 0 Å². The molecular weight excluding hydrogens is 196 g/mol. The highest BCUT2D eigenvalue weighted by Crippen LogP contribution is 2.18. The third-order valence-electron chi connectivity index (χ3n) is 2.18. The van der Waals surface area contributed by atoms with E-state index in [1.807, 2.05) is 24.8 Å². The van der Waals surface area contributed by atoms with Crippen LogP contribution in [0, 0.1) is 6.92 Å². The number of hydrogen-bond donors (Lipinski definition) is 1. The van der Waals surface area contributed by atoms with Crippen LogP contribution in [0.2, 0.25) is 0 Å². The Hall–Kier alpha value is -0.970. The molecule has 2 rings (SSSR count). The molecular formula is C9H14N4S. The summed E-state index contributed by atoms with van der Waals surface area (Å²) in [4.78, 5) is 10.7. The Morgan fingerprint density at radius 1 is 1.36 bits per heavy atom. The zero-order valence-corrected chi connectivity index (χ0v) is 9.05. The number of hydrogen-bond acceptors (Lipinski definition) is 5. The van der Waals surface area contributed by atoms with Crippen LogP contribution < -0.4 is 10.6 Å². The number of anilines is 2. The molecule has 1 saturated heterocycles. The maximum absolute atomic E-state index is 5.68. The number of nitrogen functional groups attached to an aromatic ring is 1. The SMILES string of the molecule is Cc1nc(N)cc(N2CCSCC2)n1. The molecule has 1 fully saturated rings. The van der Waals surface area contributed by atoms with Gasteiger partial charge in [0.2, 0.25) is 0 Å². The van der Waals surface area contributed by atoms with E-state index in [-0.39, 0.29) is 0 Å². The topological polar surface area (TPSA) is 55.0 Å². The molecule has 76 valence electrons. The number of nitrogens with zero attached hydrogens (tertiary/aromatic N) is 3. The van der Waals surface area contributed by atoms with E-state index in [9.17, 15) is 0 Å². The number of aromatic nitrogens is 2. The monoisotopic (exact) mass is 210 g/mol. The van der Waals surface area contributed by atoms with E-state index in [1.54, 1.807) is 0 Å².